The Kier molecular flexibility index (Phi) is 6.78. The number of rotatable bonds is 7. The Balaban J connectivity index is 2.14. The lowest BCUT2D eigenvalue weighted by Gasteiger charge is -2.33. The molecule has 1 N–H and O–H groups in total. The van der Waals surface area contributed by atoms with E-state index in [-0.39, 0.29) is 23.4 Å². The molecule has 0 spiro atoms. The molecule has 0 heterocycles. The van der Waals surface area contributed by atoms with Crippen LogP contribution in [0.25, 0.3) is 0 Å². The SMILES string of the molecule is CC(C)(C)CC(C)(C)NC(=O)c1ccc(CN(c2ccccc2)S(C)(=O)=O)cc1. The van der Waals surface area contributed by atoms with Crippen molar-refractivity contribution in [1.82, 2.24) is 5.32 Å². The molecule has 0 bridgehead atoms. The van der Waals surface area contributed by atoms with Crippen LogP contribution in [-0.4, -0.2) is 26.1 Å². The van der Waals surface area contributed by atoms with E-state index in [1.54, 1.807) is 48.5 Å². The maximum atomic E-state index is 12.6. The highest BCUT2D eigenvalue weighted by atomic mass is 32.2. The fourth-order valence-electron chi connectivity index (χ4n) is 3.67. The smallest absolute Gasteiger partial charge is 0.251 e. The highest BCUT2D eigenvalue weighted by Crippen LogP contribution is 2.27. The molecule has 0 radical (unpaired) electrons. The van der Waals surface area contributed by atoms with Crippen LogP contribution in [0, 0.1) is 5.41 Å². The number of hydrogen-bond donors (Lipinski definition) is 1. The molecular weight excluding hydrogens is 384 g/mol. The average Bonchev–Trinajstić information content (AvgIpc) is 2.57. The number of anilines is 1. The third-order valence-electron chi connectivity index (χ3n) is 4.41. The van der Waals surface area contributed by atoms with Crippen molar-refractivity contribution >= 4 is 21.6 Å². The van der Waals surface area contributed by atoms with Crippen molar-refractivity contribution in [3.05, 3.63) is 65.7 Å². The van der Waals surface area contributed by atoms with E-state index in [0.717, 1.165) is 12.0 Å². The minimum Gasteiger partial charge on any atom is -0.347 e. The second-order valence-electron chi connectivity index (χ2n) is 9.38. The van der Waals surface area contributed by atoms with Crippen LogP contribution in [0.4, 0.5) is 5.69 Å². The predicted octanol–water partition coefficient (Wildman–Crippen LogP) is 4.60. The van der Waals surface area contributed by atoms with E-state index in [2.05, 4.69) is 26.1 Å². The van der Waals surface area contributed by atoms with E-state index in [9.17, 15) is 13.2 Å². The van der Waals surface area contributed by atoms with Crippen LogP contribution in [0.3, 0.4) is 0 Å². The van der Waals surface area contributed by atoms with Gasteiger partial charge in [0.1, 0.15) is 0 Å². The fraction of sp³-hybridized carbons (Fsp3) is 0.435. The molecule has 0 aliphatic heterocycles. The Morgan fingerprint density at radius 3 is 1.97 bits per heavy atom. The molecule has 0 fully saturated rings. The van der Waals surface area contributed by atoms with E-state index in [0.29, 0.717) is 11.3 Å². The van der Waals surface area contributed by atoms with Gasteiger partial charge in [-0.2, -0.15) is 0 Å². The first-order valence-corrected chi connectivity index (χ1v) is 11.6. The number of nitrogens with zero attached hydrogens (tertiary/aromatic N) is 1. The van der Waals surface area contributed by atoms with Gasteiger partial charge in [0, 0.05) is 11.1 Å². The monoisotopic (exact) mass is 416 g/mol. The van der Waals surface area contributed by atoms with Crippen LogP contribution in [0.2, 0.25) is 0 Å². The summed E-state index contributed by atoms with van der Waals surface area (Å²) in [6.07, 6.45) is 2.04. The molecule has 5 nitrogen and oxygen atoms in total. The third kappa shape index (κ3) is 7.20. The summed E-state index contributed by atoms with van der Waals surface area (Å²) in [5.74, 6) is -0.131. The van der Waals surface area contributed by atoms with Crippen LogP contribution in [-0.2, 0) is 16.6 Å². The van der Waals surface area contributed by atoms with Gasteiger partial charge in [0.25, 0.3) is 5.91 Å². The normalized spacial score (nSPS) is 12.5. The molecule has 0 saturated carbocycles. The summed E-state index contributed by atoms with van der Waals surface area (Å²) in [7, 11) is -3.43. The number of sulfonamides is 1. The second kappa shape index (κ2) is 8.57. The van der Waals surface area contributed by atoms with Gasteiger partial charge in [0.2, 0.25) is 10.0 Å². The molecular formula is C23H32N2O3S. The van der Waals surface area contributed by atoms with E-state index in [4.69, 9.17) is 0 Å². The van der Waals surface area contributed by atoms with Crippen molar-refractivity contribution in [3.63, 3.8) is 0 Å². The van der Waals surface area contributed by atoms with Crippen molar-refractivity contribution in [1.29, 1.82) is 0 Å². The maximum Gasteiger partial charge on any atom is 0.251 e. The Hall–Kier alpha value is -2.34. The Morgan fingerprint density at radius 1 is 0.931 bits per heavy atom. The van der Waals surface area contributed by atoms with Crippen molar-refractivity contribution in [2.45, 2.75) is 53.1 Å². The average molecular weight is 417 g/mol. The van der Waals surface area contributed by atoms with E-state index in [1.807, 2.05) is 19.9 Å². The predicted molar refractivity (Wildman–Crippen MR) is 120 cm³/mol. The summed E-state index contributed by atoms with van der Waals surface area (Å²) >= 11 is 0. The highest BCUT2D eigenvalue weighted by molar-refractivity contribution is 7.92. The molecule has 0 saturated heterocycles. The summed E-state index contributed by atoms with van der Waals surface area (Å²) in [6, 6.07) is 16.1. The van der Waals surface area contributed by atoms with Crippen LogP contribution >= 0.6 is 0 Å². The molecule has 0 atom stereocenters. The van der Waals surface area contributed by atoms with Gasteiger partial charge in [0.15, 0.2) is 0 Å². The van der Waals surface area contributed by atoms with E-state index in [1.165, 1.54) is 10.6 Å². The van der Waals surface area contributed by atoms with Crippen molar-refractivity contribution in [3.8, 4) is 0 Å². The summed E-state index contributed by atoms with van der Waals surface area (Å²) in [4.78, 5) is 12.6. The van der Waals surface area contributed by atoms with Crippen LogP contribution in [0.1, 0.15) is 57.0 Å². The number of para-hydroxylation sites is 1. The van der Waals surface area contributed by atoms with Gasteiger partial charge < -0.3 is 5.32 Å². The molecule has 2 aromatic rings. The van der Waals surface area contributed by atoms with Gasteiger partial charge >= 0.3 is 0 Å². The van der Waals surface area contributed by atoms with E-state index >= 15 is 0 Å². The molecule has 2 aromatic carbocycles. The fourth-order valence-corrected chi connectivity index (χ4v) is 4.56. The van der Waals surface area contributed by atoms with Gasteiger partial charge in [-0.25, -0.2) is 8.42 Å². The number of nitrogens with one attached hydrogen (secondary N) is 1. The lowest BCUT2D eigenvalue weighted by molar-refractivity contribution is 0.0891. The first-order chi connectivity index (χ1) is 13.3. The lowest BCUT2D eigenvalue weighted by Crippen LogP contribution is -2.45. The van der Waals surface area contributed by atoms with Gasteiger partial charge in [0.05, 0.1) is 18.5 Å². The number of carbonyl (C=O) groups is 1. The van der Waals surface area contributed by atoms with Gasteiger partial charge in [-0.1, -0.05) is 51.1 Å². The van der Waals surface area contributed by atoms with Gasteiger partial charge in [-0.15, -0.1) is 0 Å². The van der Waals surface area contributed by atoms with E-state index < -0.39 is 10.0 Å². The number of amides is 1. The standard InChI is InChI=1S/C23H32N2O3S/c1-22(2,3)17-23(4,5)24-21(26)19-14-12-18(13-15-19)16-25(29(6,27)28)20-10-8-7-9-11-20/h7-15H,16-17H2,1-6H3,(H,24,26). The first kappa shape index (κ1) is 22.9. The summed E-state index contributed by atoms with van der Waals surface area (Å²) in [5, 5.41) is 3.09. The largest absolute Gasteiger partial charge is 0.347 e. The summed E-state index contributed by atoms with van der Waals surface area (Å²) in [5.41, 5.74) is 1.76. The van der Waals surface area contributed by atoms with Gasteiger partial charge in [-0.05, 0) is 55.5 Å². The molecule has 158 valence electrons. The Bertz CT molecular complexity index is 928. The summed E-state index contributed by atoms with van der Waals surface area (Å²) < 4.78 is 25.8. The maximum absolute atomic E-state index is 12.6. The Labute approximate surface area is 175 Å². The molecule has 1 amide bonds. The second-order valence-corrected chi connectivity index (χ2v) is 11.3. The molecule has 2 rings (SSSR count). The van der Waals surface area contributed by atoms with Gasteiger partial charge in [-0.3, -0.25) is 9.10 Å². The molecule has 0 aliphatic carbocycles. The molecule has 0 aromatic heterocycles. The highest BCUT2D eigenvalue weighted by Gasteiger charge is 2.27. The molecule has 29 heavy (non-hydrogen) atoms. The van der Waals surface area contributed by atoms with Crippen LogP contribution < -0.4 is 9.62 Å². The topological polar surface area (TPSA) is 66.5 Å². The molecule has 0 unspecified atom stereocenters. The third-order valence-corrected chi connectivity index (χ3v) is 5.55. The van der Waals surface area contributed by atoms with Crippen molar-refractivity contribution < 1.29 is 13.2 Å². The Morgan fingerprint density at radius 2 is 1.48 bits per heavy atom. The minimum atomic E-state index is -3.43. The zero-order chi connectivity index (χ0) is 21.9. The quantitative estimate of drug-likeness (QED) is 0.717. The summed E-state index contributed by atoms with van der Waals surface area (Å²) in [6.45, 7) is 10.7. The van der Waals surface area contributed by atoms with Crippen LogP contribution in [0.5, 0.6) is 0 Å². The minimum absolute atomic E-state index is 0.104. The molecule has 0 aliphatic rings. The molecule has 6 heteroatoms. The van der Waals surface area contributed by atoms with Crippen LogP contribution in [0.15, 0.2) is 54.6 Å². The van der Waals surface area contributed by atoms with Crippen molar-refractivity contribution in [2.75, 3.05) is 10.6 Å². The first-order valence-electron chi connectivity index (χ1n) is 9.71. The number of hydrogen-bond acceptors (Lipinski definition) is 3. The number of carbonyl (C=O) groups excluding carboxylic acids is 1. The number of benzene rings is 2. The lowest BCUT2D eigenvalue weighted by atomic mass is 9.81. The zero-order valence-electron chi connectivity index (χ0n) is 18.2. The van der Waals surface area contributed by atoms with Crippen molar-refractivity contribution in [2.24, 2.45) is 5.41 Å². The zero-order valence-corrected chi connectivity index (χ0v) is 19.0.